The number of carbonyl (C=O) groups is 1. The minimum absolute atomic E-state index is 0.245. The van der Waals surface area contributed by atoms with Crippen LogP contribution in [0, 0.1) is 5.92 Å². The number of fused-ring (bicyclic) bond motifs is 2. The van der Waals surface area contributed by atoms with E-state index in [0.717, 1.165) is 17.7 Å². The van der Waals surface area contributed by atoms with Crippen molar-refractivity contribution in [3.8, 4) is 0 Å². The van der Waals surface area contributed by atoms with E-state index in [4.69, 9.17) is 0 Å². The Bertz CT molecular complexity index is 499. The van der Waals surface area contributed by atoms with Gasteiger partial charge in [-0.05, 0) is 24.0 Å². The Labute approximate surface area is 119 Å². The first-order chi connectivity index (χ1) is 9.09. The summed E-state index contributed by atoms with van der Waals surface area (Å²) >= 11 is 1.96. The molecule has 0 bridgehead atoms. The van der Waals surface area contributed by atoms with Gasteiger partial charge in [0.15, 0.2) is 0 Å². The van der Waals surface area contributed by atoms with E-state index in [1.807, 2.05) is 30.0 Å². The Hall–Kier alpha value is -0.960. The minimum atomic E-state index is 0.245. The molecule has 1 amide bonds. The normalized spacial score (nSPS) is 29.6. The third kappa shape index (κ3) is 2.08. The number of benzene rings is 1. The second kappa shape index (κ2) is 4.86. The number of nitrogens with zero attached hydrogens (tertiary/aromatic N) is 1. The van der Waals surface area contributed by atoms with Crippen LogP contribution >= 0.6 is 11.8 Å². The molecule has 0 spiro atoms. The van der Waals surface area contributed by atoms with E-state index < -0.39 is 0 Å². The van der Waals surface area contributed by atoms with E-state index >= 15 is 0 Å². The zero-order valence-electron chi connectivity index (χ0n) is 11.8. The lowest BCUT2D eigenvalue weighted by Crippen LogP contribution is -2.47. The maximum absolute atomic E-state index is 12.7. The Morgan fingerprint density at radius 2 is 2.11 bits per heavy atom. The molecule has 1 aromatic carbocycles. The van der Waals surface area contributed by atoms with Crippen molar-refractivity contribution in [2.75, 3.05) is 5.75 Å². The average molecular weight is 275 g/mol. The van der Waals surface area contributed by atoms with Gasteiger partial charge >= 0.3 is 0 Å². The fourth-order valence-corrected chi connectivity index (χ4v) is 4.93. The summed E-state index contributed by atoms with van der Waals surface area (Å²) in [4.78, 5) is 14.9. The molecule has 1 fully saturated rings. The third-order valence-electron chi connectivity index (χ3n) is 4.21. The minimum Gasteiger partial charge on any atom is -0.322 e. The lowest BCUT2D eigenvalue weighted by Gasteiger charge is -2.38. The standard InChI is InChI=1S/C16H21NOS/c1-10(2)8-12-9-19-16-11(3)13-6-4-5-7-14(13)15(18)17(12)16/h4-7,10-12,16H,8-9H2,1-3H3/t11-,12+,16+/m1/s1. The van der Waals surface area contributed by atoms with Crippen LogP contribution in [0.1, 0.15) is 49.0 Å². The van der Waals surface area contributed by atoms with Crippen molar-refractivity contribution in [1.29, 1.82) is 0 Å². The first kappa shape index (κ1) is 13.0. The van der Waals surface area contributed by atoms with Gasteiger partial charge < -0.3 is 4.90 Å². The second-order valence-corrected chi connectivity index (χ2v) is 7.25. The van der Waals surface area contributed by atoms with Crippen LogP contribution in [0.2, 0.25) is 0 Å². The number of hydrogen-bond acceptors (Lipinski definition) is 2. The molecule has 0 saturated carbocycles. The van der Waals surface area contributed by atoms with Gasteiger partial charge in [-0.25, -0.2) is 0 Å². The van der Waals surface area contributed by atoms with Crippen molar-refractivity contribution in [3.05, 3.63) is 35.4 Å². The highest BCUT2D eigenvalue weighted by atomic mass is 32.2. The van der Waals surface area contributed by atoms with Gasteiger partial charge in [0.1, 0.15) is 0 Å². The average Bonchev–Trinajstić information content (AvgIpc) is 2.79. The molecule has 1 aromatic rings. The quantitative estimate of drug-likeness (QED) is 0.819. The van der Waals surface area contributed by atoms with E-state index in [-0.39, 0.29) is 5.91 Å². The Morgan fingerprint density at radius 1 is 1.37 bits per heavy atom. The van der Waals surface area contributed by atoms with Crippen LogP contribution in [-0.2, 0) is 0 Å². The molecule has 2 nitrogen and oxygen atoms in total. The summed E-state index contributed by atoms with van der Waals surface area (Å²) < 4.78 is 0. The molecule has 0 unspecified atom stereocenters. The smallest absolute Gasteiger partial charge is 0.255 e. The lowest BCUT2D eigenvalue weighted by molar-refractivity contribution is 0.0632. The first-order valence-corrected chi connectivity index (χ1v) is 8.17. The zero-order valence-corrected chi connectivity index (χ0v) is 12.6. The highest BCUT2D eigenvalue weighted by Gasteiger charge is 2.45. The summed E-state index contributed by atoms with van der Waals surface area (Å²) in [6, 6.07) is 8.54. The van der Waals surface area contributed by atoms with Gasteiger partial charge in [-0.15, -0.1) is 11.8 Å². The monoisotopic (exact) mass is 275 g/mol. The van der Waals surface area contributed by atoms with Crippen molar-refractivity contribution in [1.82, 2.24) is 4.90 Å². The van der Waals surface area contributed by atoms with Gasteiger partial charge in [-0.3, -0.25) is 4.79 Å². The topological polar surface area (TPSA) is 20.3 Å². The van der Waals surface area contributed by atoms with Gasteiger partial charge in [0.05, 0.1) is 5.37 Å². The van der Waals surface area contributed by atoms with Crippen molar-refractivity contribution >= 4 is 17.7 Å². The van der Waals surface area contributed by atoms with E-state index in [9.17, 15) is 4.79 Å². The van der Waals surface area contributed by atoms with Crippen molar-refractivity contribution in [2.24, 2.45) is 5.92 Å². The van der Waals surface area contributed by atoms with Crippen LogP contribution in [0.4, 0.5) is 0 Å². The van der Waals surface area contributed by atoms with Crippen LogP contribution in [0.15, 0.2) is 24.3 Å². The maximum Gasteiger partial charge on any atom is 0.255 e. The molecule has 2 heterocycles. The Kier molecular flexibility index (Phi) is 3.34. The largest absolute Gasteiger partial charge is 0.322 e. The molecule has 3 rings (SSSR count). The molecule has 0 radical (unpaired) electrons. The van der Waals surface area contributed by atoms with Gasteiger partial charge in [0.25, 0.3) is 5.91 Å². The molecule has 2 aliphatic heterocycles. The number of amides is 1. The fourth-order valence-electron chi connectivity index (χ4n) is 3.35. The van der Waals surface area contributed by atoms with Gasteiger partial charge in [0.2, 0.25) is 0 Å². The summed E-state index contributed by atoms with van der Waals surface area (Å²) in [7, 11) is 0. The molecule has 102 valence electrons. The third-order valence-corrected chi connectivity index (χ3v) is 5.77. The fraction of sp³-hybridized carbons (Fsp3) is 0.562. The molecule has 0 aliphatic carbocycles. The van der Waals surface area contributed by atoms with Crippen LogP contribution in [0.3, 0.4) is 0 Å². The Balaban J connectivity index is 1.97. The van der Waals surface area contributed by atoms with Crippen molar-refractivity contribution in [2.45, 2.75) is 44.5 Å². The summed E-state index contributed by atoms with van der Waals surface area (Å²) in [5.74, 6) is 2.42. The molecule has 0 aromatic heterocycles. The molecule has 19 heavy (non-hydrogen) atoms. The lowest BCUT2D eigenvalue weighted by atomic mass is 9.89. The summed E-state index contributed by atoms with van der Waals surface area (Å²) in [6.07, 6.45) is 1.12. The number of carbonyl (C=O) groups excluding carboxylic acids is 1. The van der Waals surface area contributed by atoms with Crippen LogP contribution in [0.5, 0.6) is 0 Å². The highest BCUT2D eigenvalue weighted by Crippen LogP contribution is 2.45. The predicted molar refractivity (Wildman–Crippen MR) is 80.5 cm³/mol. The van der Waals surface area contributed by atoms with E-state index in [0.29, 0.717) is 23.3 Å². The summed E-state index contributed by atoms with van der Waals surface area (Å²) in [6.45, 7) is 6.74. The Morgan fingerprint density at radius 3 is 2.84 bits per heavy atom. The van der Waals surface area contributed by atoms with Gasteiger partial charge in [-0.1, -0.05) is 39.0 Å². The van der Waals surface area contributed by atoms with E-state index in [2.05, 4.69) is 31.7 Å². The highest BCUT2D eigenvalue weighted by molar-refractivity contribution is 8.00. The van der Waals surface area contributed by atoms with Crippen molar-refractivity contribution in [3.63, 3.8) is 0 Å². The molecular formula is C16H21NOS. The van der Waals surface area contributed by atoms with E-state index in [1.165, 1.54) is 5.56 Å². The molecule has 1 saturated heterocycles. The molecular weight excluding hydrogens is 254 g/mol. The maximum atomic E-state index is 12.7. The number of hydrogen-bond donors (Lipinski definition) is 0. The number of rotatable bonds is 2. The van der Waals surface area contributed by atoms with Crippen LogP contribution < -0.4 is 0 Å². The molecule has 3 heteroatoms. The SMILES string of the molecule is CC(C)C[C@H]1CS[C@H]2[C@H](C)c3ccccc3C(=O)N12. The summed E-state index contributed by atoms with van der Waals surface area (Å²) in [5, 5.41) is 0.339. The van der Waals surface area contributed by atoms with Crippen molar-refractivity contribution < 1.29 is 4.79 Å². The second-order valence-electron chi connectivity index (χ2n) is 6.10. The van der Waals surface area contributed by atoms with Gasteiger partial charge in [0, 0.05) is 23.3 Å². The predicted octanol–water partition coefficient (Wildman–Crippen LogP) is 3.73. The molecule has 2 aliphatic rings. The summed E-state index contributed by atoms with van der Waals surface area (Å²) in [5.41, 5.74) is 2.15. The molecule has 3 atom stereocenters. The van der Waals surface area contributed by atoms with Crippen LogP contribution in [0.25, 0.3) is 0 Å². The molecule has 0 N–H and O–H groups in total. The van der Waals surface area contributed by atoms with Gasteiger partial charge in [-0.2, -0.15) is 0 Å². The number of thioether (sulfide) groups is 1. The van der Waals surface area contributed by atoms with E-state index in [1.54, 1.807) is 0 Å². The first-order valence-electron chi connectivity index (χ1n) is 7.12. The zero-order chi connectivity index (χ0) is 13.6. The van der Waals surface area contributed by atoms with Crippen LogP contribution in [-0.4, -0.2) is 28.0 Å².